The van der Waals surface area contributed by atoms with Crippen molar-refractivity contribution < 1.29 is 9.21 Å². The summed E-state index contributed by atoms with van der Waals surface area (Å²) >= 11 is 0. The highest BCUT2D eigenvalue weighted by molar-refractivity contribution is 6.05. The molecule has 0 spiro atoms. The highest BCUT2D eigenvalue weighted by Gasteiger charge is 2.26. The van der Waals surface area contributed by atoms with Crippen molar-refractivity contribution in [3.63, 3.8) is 0 Å². The van der Waals surface area contributed by atoms with E-state index in [0.29, 0.717) is 24.0 Å². The Morgan fingerprint density at radius 3 is 2.74 bits per heavy atom. The van der Waals surface area contributed by atoms with Gasteiger partial charge >= 0.3 is 0 Å². The van der Waals surface area contributed by atoms with Gasteiger partial charge in [-0.1, -0.05) is 26.0 Å². The number of nitrogens with zero attached hydrogens (tertiary/aromatic N) is 1. The van der Waals surface area contributed by atoms with Crippen LogP contribution in [0.1, 0.15) is 53.6 Å². The average molecular weight is 335 g/mol. The normalized spacial score (nSPS) is 13.7. The van der Waals surface area contributed by atoms with Gasteiger partial charge in [-0.3, -0.25) is 4.79 Å². The zero-order valence-electron chi connectivity index (χ0n) is 13.5. The third-order valence-corrected chi connectivity index (χ3v) is 4.21. The van der Waals surface area contributed by atoms with Crippen molar-refractivity contribution in [2.45, 2.75) is 39.2 Å². The van der Waals surface area contributed by atoms with Crippen molar-refractivity contribution >= 4 is 24.0 Å². The first kappa shape index (κ1) is 17.6. The van der Waals surface area contributed by atoms with Crippen LogP contribution in [0.2, 0.25) is 0 Å². The van der Waals surface area contributed by atoms with Crippen molar-refractivity contribution in [3.8, 4) is 0 Å². The lowest BCUT2D eigenvalue weighted by molar-refractivity contribution is 0.0956. The second-order valence-corrected chi connectivity index (χ2v) is 6.07. The van der Waals surface area contributed by atoms with E-state index in [2.05, 4.69) is 32.0 Å². The Bertz CT molecular complexity index is 694. The third kappa shape index (κ3) is 3.43. The number of anilines is 1. The predicted molar refractivity (Wildman–Crippen MR) is 94.4 cm³/mol. The molecule has 2 N–H and O–H groups in total. The van der Waals surface area contributed by atoms with Crippen LogP contribution in [-0.4, -0.2) is 12.5 Å². The molecule has 0 saturated carbocycles. The molecule has 0 unspecified atom stereocenters. The van der Waals surface area contributed by atoms with Crippen LogP contribution in [0.5, 0.6) is 0 Å². The summed E-state index contributed by atoms with van der Waals surface area (Å²) in [6, 6.07) is 9.88. The van der Waals surface area contributed by atoms with Crippen LogP contribution in [0, 0.1) is 0 Å². The second-order valence-electron chi connectivity index (χ2n) is 6.07. The fourth-order valence-electron chi connectivity index (χ4n) is 2.92. The minimum absolute atomic E-state index is 0. The van der Waals surface area contributed by atoms with E-state index >= 15 is 0 Å². The summed E-state index contributed by atoms with van der Waals surface area (Å²) < 4.78 is 5.51. The number of carbonyl (C=O) groups excluding carboxylic acids is 1. The van der Waals surface area contributed by atoms with Crippen molar-refractivity contribution in [1.29, 1.82) is 0 Å². The monoisotopic (exact) mass is 334 g/mol. The maximum absolute atomic E-state index is 12.7. The summed E-state index contributed by atoms with van der Waals surface area (Å²) in [6.45, 7) is 5.41. The van der Waals surface area contributed by atoms with Crippen LogP contribution in [0.4, 0.5) is 5.69 Å². The Morgan fingerprint density at radius 2 is 2.09 bits per heavy atom. The molecular formula is C18H23ClN2O2. The summed E-state index contributed by atoms with van der Waals surface area (Å²) in [6.07, 6.45) is 2.00. The van der Waals surface area contributed by atoms with Gasteiger partial charge in [0.05, 0.1) is 6.54 Å². The number of fused-ring (bicyclic) bond motifs is 1. The van der Waals surface area contributed by atoms with Crippen LogP contribution in [0.25, 0.3) is 0 Å². The van der Waals surface area contributed by atoms with Gasteiger partial charge < -0.3 is 15.1 Å². The fraction of sp³-hybridized carbons (Fsp3) is 0.389. The summed E-state index contributed by atoms with van der Waals surface area (Å²) in [4.78, 5) is 14.5. The Kier molecular flexibility index (Phi) is 5.50. The van der Waals surface area contributed by atoms with Gasteiger partial charge in [-0.25, -0.2) is 0 Å². The number of hydrogen-bond acceptors (Lipinski definition) is 3. The minimum Gasteiger partial charge on any atom is -0.455 e. The molecule has 1 aliphatic rings. The van der Waals surface area contributed by atoms with Crippen molar-refractivity contribution in [2.75, 3.05) is 11.4 Å². The lowest BCUT2D eigenvalue weighted by Crippen LogP contribution is -2.35. The van der Waals surface area contributed by atoms with E-state index in [0.717, 1.165) is 25.1 Å². The van der Waals surface area contributed by atoms with E-state index in [1.807, 2.05) is 4.90 Å². The number of amides is 1. The SMILES string of the molecule is CC(C)c1ccc2c(c1)CCCN2C(=O)c1ccc(CN)o1.Cl. The number of furan rings is 1. The molecule has 0 saturated heterocycles. The Hall–Kier alpha value is -1.78. The van der Waals surface area contributed by atoms with E-state index < -0.39 is 0 Å². The molecule has 1 amide bonds. The largest absolute Gasteiger partial charge is 0.455 e. The quantitative estimate of drug-likeness (QED) is 0.926. The standard InChI is InChI=1S/C18H22N2O2.ClH/c1-12(2)13-5-7-16-14(10-13)4-3-9-20(16)18(21)17-8-6-15(11-19)22-17;/h5-8,10,12H,3-4,9,11,19H2,1-2H3;1H. The molecule has 4 nitrogen and oxygen atoms in total. The molecule has 124 valence electrons. The molecule has 0 radical (unpaired) electrons. The Morgan fingerprint density at radius 1 is 1.30 bits per heavy atom. The summed E-state index contributed by atoms with van der Waals surface area (Å²) in [5.41, 5.74) is 9.11. The molecule has 0 bridgehead atoms. The fourth-order valence-corrected chi connectivity index (χ4v) is 2.92. The van der Waals surface area contributed by atoms with Gasteiger partial charge in [0.25, 0.3) is 5.91 Å². The summed E-state index contributed by atoms with van der Waals surface area (Å²) in [7, 11) is 0. The van der Waals surface area contributed by atoms with Crippen LogP contribution in [0.3, 0.4) is 0 Å². The lowest BCUT2D eigenvalue weighted by Gasteiger charge is -2.29. The van der Waals surface area contributed by atoms with Crippen LogP contribution >= 0.6 is 12.4 Å². The zero-order chi connectivity index (χ0) is 15.7. The number of carbonyl (C=O) groups is 1. The molecule has 0 atom stereocenters. The predicted octanol–water partition coefficient (Wildman–Crippen LogP) is 3.88. The molecule has 1 aromatic heterocycles. The van der Waals surface area contributed by atoms with E-state index in [4.69, 9.17) is 10.2 Å². The van der Waals surface area contributed by atoms with Crippen LogP contribution in [0.15, 0.2) is 34.7 Å². The number of benzene rings is 1. The first-order valence-corrected chi connectivity index (χ1v) is 7.83. The maximum Gasteiger partial charge on any atom is 0.293 e. The van der Waals surface area contributed by atoms with E-state index in [9.17, 15) is 4.79 Å². The van der Waals surface area contributed by atoms with Crippen LogP contribution < -0.4 is 10.6 Å². The van der Waals surface area contributed by atoms with Crippen molar-refractivity contribution in [2.24, 2.45) is 5.73 Å². The highest BCUT2D eigenvalue weighted by Crippen LogP contribution is 2.31. The first-order valence-electron chi connectivity index (χ1n) is 7.83. The summed E-state index contributed by atoms with van der Waals surface area (Å²) in [5, 5.41) is 0. The number of nitrogens with two attached hydrogens (primary N) is 1. The molecule has 2 heterocycles. The smallest absolute Gasteiger partial charge is 0.293 e. The molecule has 1 aromatic carbocycles. The summed E-state index contributed by atoms with van der Waals surface area (Å²) in [5.74, 6) is 1.41. The molecule has 5 heteroatoms. The number of halogens is 1. The van der Waals surface area contributed by atoms with Crippen molar-refractivity contribution in [1.82, 2.24) is 0 Å². The second kappa shape index (κ2) is 7.20. The van der Waals surface area contributed by atoms with Gasteiger partial charge in [-0.2, -0.15) is 0 Å². The van der Waals surface area contributed by atoms with E-state index in [-0.39, 0.29) is 18.3 Å². The molecule has 0 fully saturated rings. The molecular weight excluding hydrogens is 312 g/mol. The first-order chi connectivity index (χ1) is 10.6. The molecule has 1 aliphatic heterocycles. The van der Waals surface area contributed by atoms with Gasteiger partial charge in [0, 0.05) is 12.2 Å². The Labute approximate surface area is 143 Å². The minimum atomic E-state index is -0.0852. The van der Waals surface area contributed by atoms with Gasteiger partial charge in [-0.15, -0.1) is 12.4 Å². The van der Waals surface area contributed by atoms with Gasteiger partial charge in [0.15, 0.2) is 5.76 Å². The molecule has 0 aliphatic carbocycles. The topological polar surface area (TPSA) is 59.5 Å². The lowest BCUT2D eigenvalue weighted by atomic mass is 9.94. The molecule has 23 heavy (non-hydrogen) atoms. The molecule has 3 rings (SSSR count). The average Bonchev–Trinajstić information content (AvgIpc) is 3.02. The third-order valence-electron chi connectivity index (χ3n) is 4.21. The number of hydrogen-bond donors (Lipinski definition) is 1. The van der Waals surface area contributed by atoms with Gasteiger partial charge in [0.2, 0.25) is 0 Å². The van der Waals surface area contributed by atoms with Crippen LogP contribution in [-0.2, 0) is 13.0 Å². The van der Waals surface area contributed by atoms with Crippen molar-refractivity contribution in [3.05, 3.63) is 53.0 Å². The number of aryl methyl sites for hydroxylation is 1. The Balaban J connectivity index is 0.00000192. The van der Waals surface area contributed by atoms with Gasteiger partial charge in [0.1, 0.15) is 5.76 Å². The number of rotatable bonds is 3. The van der Waals surface area contributed by atoms with E-state index in [1.165, 1.54) is 11.1 Å². The maximum atomic E-state index is 12.7. The highest BCUT2D eigenvalue weighted by atomic mass is 35.5. The van der Waals surface area contributed by atoms with E-state index in [1.54, 1.807) is 12.1 Å². The molecule has 2 aromatic rings. The zero-order valence-corrected chi connectivity index (χ0v) is 14.4. The van der Waals surface area contributed by atoms with Gasteiger partial charge in [-0.05, 0) is 48.1 Å².